The van der Waals surface area contributed by atoms with Crippen LogP contribution in [0.25, 0.3) is 0 Å². The number of nitrogens with one attached hydrogen (secondary N) is 1. The zero-order valence-electron chi connectivity index (χ0n) is 11.0. The number of hydrogen-bond acceptors (Lipinski definition) is 2. The van der Waals surface area contributed by atoms with Gasteiger partial charge in [-0.05, 0) is 44.2 Å². The van der Waals surface area contributed by atoms with E-state index in [9.17, 15) is 0 Å². The van der Waals surface area contributed by atoms with Gasteiger partial charge in [0.1, 0.15) is 0 Å². The van der Waals surface area contributed by atoms with Crippen LogP contribution in [0.2, 0.25) is 0 Å². The number of rotatable bonds is 3. The maximum atomic E-state index is 4.04. The van der Waals surface area contributed by atoms with Crippen molar-refractivity contribution in [2.75, 3.05) is 5.32 Å². The Balaban J connectivity index is 2.03. The first-order valence-electron chi connectivity index (χ1n) is 6.46. The van der Waals surface area contributed by atoms with Gasteiger partial charge in [0.2, 0.25) is 0 Å². The van der Waals surface area contributed by atoms with E-state index in [1.807, 2.05) is 24.5 Å². The van der Waals surface area contributed by atoms with Crippen LogP contribution in [0.5, 0.6) is 0 Å². The van der Waals surface area contributed by atoms with Crippen molar-refractivity contribution in [2.45, 2.75) is 45.6 Å². The summed E-state index contributed by atoms with van der Waals surface area (Å²) in [4.78, 5) is 4.04. The van der Waals surface area contributed by atoms with Crippen LogP contribution in [-0.4, -0.2) is 10.5 Å². The van der Waals surface area contributed by atoms with E-state index in [1.165, 1.54) is 18.5 Å². The van der Waals surface area contributed by atoms with Crippen molar-refractivity contribution in [3.05, 3.63) is 36.2 Å². The van der Waals surface area contributed by atoms with Crippen molar-refractivity contribution >= 4 is 5.69 Å². The Kier molecular flexibility index (Phi) is 3.51. The van der Waals surface area contributed by atoms with E-state index in [4.69, 9.17) is 0 Å². The Labute approximate surface area is 104 Å². The standard InChI is InChI=1S/C15H22N2/c1-12(2)13-4-8-15(3,9-5-13)17-14-6-10-16-11-7-14/h4,6-7,10-12H,5,8-9H2,1-3H3,(H,16,17). The Morgan fingerprint density at radius 1 is 1.29 bits per heavy atom. The monoisotopic (exact) mass is 230 g/mol. The number of pyridine rings is 1. The Hall–Kier alpha value is -1.31. The average Bonchev–Trinajstić information content (AvgIpc) is 2.30. The lowest BCUT2D eigenvalue weighted by molar-refractivity contribution is 0.441. The second-order valence-corrected chi connectivity index (χ2v) is 5.56. The predicted octanol–water partition coefficient (Wildman–Crippen LogP) is 4.02. The molecular weight excluding hydrogens is 208 g/mol. The largest absolute Gasteiger partial charge is 0.379 e. The molecule has 1 heterocycles. The lowest BCUT2D eigenvalue weighted by Crippen LogP contribution is -2.36. The van der Waals surface area contributed by atoms with Gasteiger partial charge in [-0.2, -0.15) is 0 Å². The molecule has 0 spiro atoms. The molecule has 17 heavy (non-hydrogen) atoms. The topological polar surface area (TPSA) is 24.9 Å². The van der Waals surface area contributed by atoms with E-state index < -0.39 is 0 Å². The molecule has 2 rings (SSSR count). The number of allylic oxidation sites excluding steroid dienone is 1. The van der Waals surface area contributed by atoms with Gasteiger partial charge in [0, 0.05) is 23.6 Å². The zero-order chi connectivity index (χ0) is 12.3. The second kappa shape index (κ2) is 4.91. The summed E-state index contributed by atoms with van der Waals surface area (Å²) in [6.45, 7) is 6.87. The van der Waals surface area contributed by atoms with Gasteiger partial charge in [0.15, 0.2) is 0 Å². The molecule has 1 aliphatic carbocycles. The van der Waals surface area contributed by atoms with Gasteiger partial charge in [0.05, 0.1) is 0 Å². The first-order chi connectivity index (χ1) is 8.09. The van der Waals surface area contributed by atoms with E-state index in [0.29, 0.717) is 5.92 Å². The summed E-state index contributed by atoms with van der Waals surface area (Å²) in [5, 5.41) is 3.63. The molecule has 1 unspecified atom stereocenters. The lowest BCUT2D eigenvalue weighted by atomic mass is 9.80. The van der Waals surface area contributed by atoms with Gasteiger partial charge < -0.3 is 5.32 Å². The fourth-order valence-corrected chi connectivity index (χ4v) is 2.40. The quantitative estimate of drug-likeness (QED) is 0.793. The summed E-state index contributed by atoms with van der Waals surface area (Å²) >= 11 is 0. The Morgan fingerprint density at radius 2 is 2.00 bits per heavy atom. The van der Waals surface area contributed by atoms with Crippen LogP contribution in [0.4, 0.5) is 5.69 Å². The van der Waals surface area contributed by atoms with Crippen molar-refractivity contribution in [3.8, 4) is 0 Å². The maximum absolute atomic E-state index is 4.04. The number of nitrogens with zero attached hydrogens (tertiary/aromatic N) is 1. The molecule has 0 saturated heterocycles. The summed E-state index contributed by atoms with van der Waals surface area (Å²) in [6, 6.07) is 4.07. The van der Waals surface area contributed by atoms with Crippen molar-refractivity contribution in [3.63, 3.8) is 0 Å². The minimum absolute atomic E-state index is 0.194. The van der Waals surface area contributed by atoms with Gasteiger partial charge in [-0.3, -0.25) is 4.98 Å². The van der Waals surface area contributed by atoms with Crippen LogP contribution in [-0.2, 0) is 0 Å². The fraction of sp³-hybridized carbons (Fsp3) is 0.533. The molecule has 0 bridgehead atoms. The molecule has 1 N–H and O–H groups in total. The Morgan fingerprint density at radius 3 is 2.53 bits per heavy atom. The lowest BCUT2D eigenvalue weighted by Gasteiger charge is -2.35. The molecule has 0 amide bonds. The summed E-state index contributed by atoms with van der Waals surface area (Å²) in [6.07, 6.45) is 9.63. The molecule has 2 nitrogen and oxygen atoms in total. The van der Waals surface area contributed by atoms with E-state index in [-0.39, 0.29) is 5.54 Å². The van der Waals surface area contributed by atoms with Crippen molar-refractivity contribution in [1.29, 1.82) is 0 Å². The molecule has 0 aliphatic heterocycles. The van der Waals surface area contributed by atoms with Crippen molar-refractivity contribution in [2.24, 2.45) is 5.92 Å². The summed E-state index contributed by atoms with van der Waals surface area (Å²) in [7, 11) is 0. The third kappa shape index (κ3) is 3.09. The van der Waals surface area contributed by atoms with E-state index in [0.717, 1.165) is 6.42 Å². The van der Waals surface area contributed by atoms with Crippen LogP contribution in [0, 0.1) is 5.92 Å². The van der Waals surface area contributed by atoms with Crippen molar-refractivity contribution < 1.29 is 0 Å². The highest BCUT2D eigenvalue weighted by atomic mass is 15.0. The first kappa shape index (κ1) is 12.2. The van der Waals surface area contributed by atoms with Crippen LogP contribution in [0.15, 0.2) is 36.2 Å². The molecule has 0 radical (unpaired) electrons. The normalized spacial score (nSPS) is 24.6. The van der Waals surface area contributed by atoms with Crippen LogP contribution in [0.3, 0.4) is 0 Å². The highest BCUT2D eigenvalue weighted by Gasteiger charge is 2.27. The highest BCUT2D eigenvalue weighted by Crippen LogP contribution is 2.33. The summed E-state index contributed by atoms with van der Waals surface area (Å²) in [5.41, 5.74) is 2.97. The zero-order valence-corrected chi connectivity index (χ0v) is 11.0. The number of aromatic nitrogens is 1. The molecule has 92 valence electrons. The molecule has 0 aromatic carbocycles. The average molecular weight is 230 g/mol. The minimum Gasteiger partial charge on any atom is -0.379 e. The fourth-order valence-electron chi connectivity index (χ4n) is 2.40. The third-order valence-corrected chi connectivity index (χ3v) is 3.65. The molecule has 1 aromatic heterocycles. The van der Waals surface area contributed by atoms with Gasteiger partial charge >= 0.3 is 0 Å². The van der Waals surface area contributed by atoms with Crippen LogP contribution >= 0.6 is 0 Å². The molecular formula is C15H22N2. The molecule has 2 heteroatoms. The molecule has 1 aliphatic rings. The maximum Gasteiger partial charge on any atom is 0.0383 e. The molecule has 1 aromatic rings. The number of hydrogen-bond donors (Lipinski definition) is 1. The van der Waals surface area contributed by atoms with Gasteiger partial charge in [-0.25, -0.2) is 0 Å². The highest BCUT2D eigenvalue weighted by molar-refractivity contribution is 5.44. The number of anilines is 1. The van der Waals surface area contributed by atoms with Gasteiger partial charge in [-0.1, -0.05) is 25.5 Å². The Bertz CT molecular complexity index is 395. The van der Waals surface area contributed by atoms with E-state index >= 15 is 0 Å². The second-order valence-electron chi connectivity index (χ2n) is 5.56. The van der Waals surface area contributed by atoms with E-state index in [1.54, 1.807) is 5.57 Å². The van der Waals surface area contributed by atoms with Crippen molar-refractivity contribution in [1.82, 2.24) is 4.98 Å². The van der Waals surface area contributed by atoms with Gasteiger partial charge in [-0.15, -0.1) is 0 Å². The first-order valence-corrected chi connectivity index (χ1v) is 6.46. The molecule has 0 saturated carbocycles. The SMILES string of the molecule is CC(C)C1=CCC(C)(Nc2ccncc2)CC1. The smallest absolute Gasteiger partial charge is 0.0383 e. The molecule has 1 atom stereocenters. The predicted molar refractivity (Wildman–Crippen MR) is 73.0 cm³/mol. The van der Waals surface area contributed by atoms with Gasteiger partial charge in [0.25, 0.3) is 0 Å². The third-order valence-electron chi connectivity index (χ3n) is 3.65. The van der Waals surface area contributed by atoms with Crippen LogP contribution < -0.4 is 5.32 Å². The molecule has 0 fully saturated rings. The van der Waals surface area contributed by atoms with E-state index in [2.05, 4.69) is 37.1 Å². The minimum atomic E-state index is 0.194. The summed E-state index contributed by atoms with van der Waals surface area (Å²) in [5.74, 6) is 0.695. The summed E-state index contributed by atoms with van der Waals surface area (Å²) < 4.78 is 0. The van der Waals surface area contributed by atoms with Crippen LogP contribution in [0.1, 0.15) is 40.0 Å².